The average molecular weight is 384 g/mol. The van der Waals surface area contributed by atoms with Gasteiger partial charge >= 0.3 is 0 Å². The van der Waals surface area contributed by atoms with Crippen LogP contribution >= 0.6 is 0 Å². The Bertz CT molecular complexity index is 886. The molecule has 0 radical (unpaired) electrons. The Hall–Kier alpha value is -2.90. The van der Waals surface area contributed by atoms with Crippen LogP contribution in [0, 0.1) is 0 Å². The predicted molar refractivity (Wildman–Crippen MR) is 103 cm³/mol. The van der Waals surface area contributed by atoms with Crippen molar-refractivity contribution in [2.45, 2.75) is 18.8 Å². The maximum Gasteiger partial charge on any atom is 0.251 e. The first-order chi connectivity index (χ1) is 13.3. The molecule has 0 aliphatic carbocycles. The molecule has 1 heterocycles. The van der Waals surface area contributed by atoms with Gasteiger partial charge in [0.15, 0.2) is 12.1 Å². The summed E-state index contributed by atoms with van der Waals surface area (Å²) in [6, 6.07) is 13.9. The van der Waals surface area contributed by atoms with E-state index in [1.165, 1.54) is 16.9 Å². The molecule has 1 saturated heterocycles. The molecule has 1 N–H and O–H groups in total. The topological polar surface area (TPSA) is 79.3 Å². The number of methoxy groups -OCH3 is 2. The van der Waals surface area contributed by atoms with E-state index < -0.39 is 11.9 Å². The summed E-state index contributed by atoms with van der Waals surface area (Å²) in [7, 11) is 4.69. The van der Waals surface area contributed by atoms with E-state index in [1.54, 1.807) is 63.5 Å². The quantitative estimate of drug-likeness (QED) is 0.766. The van der Waals surface area contributed by atoms with Crippen LogP contribution in [0.5, 0.6) is 11.5 Å². The summed E-state index contributed by atoms with van der Waals surface area (Å²) in [5, 5.41) is 10.7. The summed E-state index contributed by atoms with van der Waals surface area (Å²) in [5.41, 5.74) is -0.133. The zero-order valence-corrected chi connectivity index (χ0v) is 16.4. The van der Waals surface area contributed by atoms with Crippen molar-refractivity contribution in [3.63, 3.8) is 0 Å². The van der Waals surface area contributed by atoms with Crippen LogP contribution in [0.15, 0.2) is 48.5 Å². The van der Waals surface area contributed by atoms with Crippen LogP contribution in [-0.4, -0.2) is 60.8 Å². The van der Waals surface area contributed by atoms with Gasteiger partial charge in [-0.05, 0) is 26.1 Å². The predicted octanol–water partition coefficient (Wildman–Crippen LogP) is 1.85. The molecule has 1 amide bonds. The number of aliphatic hydroxyl groups excluding tert-OH is 1. The Morgan fingerprint density at radius 3 is 2.43 bits per heavy atom. The van der Waals surface area contributed by atoms with E-state index in [2.05, 4.69) is 0 Å². The van der Waals surface area contributed by atoms with Crippen molar-refractivity contribution in [3.05, 3.63) is 59.7 Å². The molecule has 0 saturated carbocycles. The van der Waals surface area contributed by atoms with Crippen molar-refractivity contribution in [2.75, 3.05) is 27.8 Å². The number of ketones is 1. The number of benzene rings is 2. The van der Waals surface area contributed by atoms with Gasteiger partial charge in [0.1, 0.15) is 17.0 Å². The van der Waals surface area contributed by atoms with Crippen molar-refractivity contribution < 1.29 is 24.2 Å². The summed E-state index contributed by atoms with van der Waals surface area (Å²) in [6.07, 6.45) is -1.24. The lowest BCUT2D eigenvalue weighted by molar-refractivity contribution is -0.135. The number of carbonyl (C=O) groups excluding carboxylic acids is 2. The Labute approximate surface area is 164 Å². The SMILES string of the molecule is COc1ccc(C2(C)C(=O)N(CC(=O)c3ccccc3)C(O)N2C)c(OC)c1. The molecule has 0 spiro atoms. The van der Waals surface area contributed by atoms with Crippen molar-refractivity contribution in [2.24, 2.45) is 0 Å². The van der Waals surface area contributed by atoms with E-state index in [0.717, 1.165) is 0 Å². The zero-order chi connectivity index (χ0) is 20.5. The van der Waals surface area contributed by atoms with Gasteiger partial charge in [0, 0.05) is 17.2 Å². The molecule has 2 aromatic rings. The Morgan fingerprint density at radius 1 is 1.14 bits per heavy atom. The fraction of sp³-hybridized carbons (Fsp3) is 0.333. The molecule has 7 nitrogen and oxygen atoms in total. The molecule has 2 unspecified atom stereocenters. The maximum atomic E-state index is 13.3. The third kappa shape index (κ3) is 3.12. The molecular weight excluding hydrogens is 360 g/mol. The molecule has 3 rings (SSSR count). The van der Waals surface area contributed by atoms with Gasteiger partial charge in [0.2, 0.25) is 0 Å². The number of amides is 1. The number of ether oxygens (including phenoxy) is 2. The number of aliphatic hydroxyl groups is 1. The normalized spacial score (nSPS) is 22.4. The molecule has 2 atom stereocenters. The summed E-state index contributed by atoms with van der Waals surface area (Å²) in [5.74, 6) is 0.432. The van der Waals surface area contributed by atoms with Crippen molar-refractivity contribution in [1.82, 2.24) is 9.80 Å². The molecule has 2 aromatic carbocycles. The lowest BCUT2D eigenvalue weighted by atomic mass is 9.89. The monoisotopic (exact) mass is 384 g/mol. The third-order valence-electron chi connectivity index (χ3n) is 5.35. The van der Waals surface area contributed by atoms with Crippen LogP contribution < -0.4 is 9.47 Å². The first kappa shape index (κ1) is 19.9. The lowest BCUT2D eigenvalue weighted by Gasteiger charge is -2.31. The van der Waals surface area contributed by atoms with Crippen LogP contribution in [0.4, 0.5) is 0 Å². The molecule has 1 fully saturated rings. The third-order valence-corrected chi connectivity index (χ3v) is 5.35. The Morgan fingerprint density at radius 2 is 1.82 bits per heavy atom. The number of Topliss-reactive ketones (excluding diaryl/α,β-unsaturated/α-hetero) is 1. The van der Waals surface area contributed by atoms with Gasteiger partial charge in [-0.25, -0.2) is 4.90 Å². The molecule has 148 valence electrons. The highest BCUT2D eigenvalue weighted by Gasteiger charge is 2.55. The number of hydrogen-bond donors (Lipinski definition) is 1. The number of likely N-dealkylation sites (N-methyl/N-ethyl adjacent to an activating group) is 1. The number of carbonyl (C=O) groups is 2. The minimum absolute atomic E-state index is 0.220. The minimum Gasteiger partial charge on any atom is -0.497 e. The maximum absolute atomic E-state index is 13.3. The molecule has 28 heavy (non-hydrogen) atoms. The van der Waals surface area contributed by atoms with E-state index in [4.69, 9.17) is 9.47 Å². The molecule has 0 aromatic heterocycles. The summed E-state index contributed by atoms with van der Waals surface area (Å²) in [4.78, 5) is 28.6. The Kier molecular flexibility index (Phi) is 5.40. The molecule has 0 bridgehead atoms. The smallest absolute Gasteiger partial charge is 0.251 e. The molecule has 1 aliphatic heterocycles. The fourth-order valence-electron chi connectivity index (χ4n) is 3.50. The van der Waals surface area contributed by atoms with Gasteiger partial charge in [0.25, 0.3) is 5.91 Å². The number of nitrogens with zero attached hydrogens (tertiary/aromatic N) is 2. The molecule has 1 aliphatic rings. The van der Waals surface area contributed by atoms with E-state index in [1.807, 2.05) is 6.07 Å². The summed E-state index contributed by atoms with van der Waals surface area (Å²) < 4.78 is 10.7. The van der Waals surface area contributed by atoms with Crippen molar-refractivity contribution in [1.29, 1.82) is 0 Å². The molecular formula is C21H24N2O5. The van der Waals surface area contributed by atoms with Gasteiger partial charge in [-0.3, -0.25) is 14.5 Å². The van der Waals surface area contributed by atoms with Crippen LogP contribution in [0.3, 0.4) is 0 Å². The van der Waals surface area contributed by atoms with Crippen LogP contribution in [0.1, 0.15) is 22.8 Å². The zero-order valence-electron chi connectivity index (χ0n) is 16.4. The molecule has 7 heteroatoms. The van der Waals surface area contributed by atoms with Crippen molar-refractivity contribution >= 4 is 11.7 Å². The van der Waals surface area contributed by atoms with Crippen LogP contribution in [0.25, 0.3) is 0 Å². The van der Waals surface area contributed by atoms with Gasteiger partial charge in [-0.1, -0.05) is 30.3 Å². The summed E-state index contributed by atoms with van der Waals surface area (Å²) in [6.45, 7) is 1.48. The highest BCUT2D eigenvalue weighted by Crippen LogP contribution is 2.42. The van der Waals surface area contributed by atoms with Crippen LogP contribution in [-0.2, 0) is 10.3 Å². The minimum atomic E-state index is -1.24. The van der Waals surface area contributed by atoms with E-state index in [0.29, 0.717) is 22.6 Å². The van der Waals surface area contributed by atoms with E-state index >= 15 is 0 Å². The van der Waals surface area contributed by atoms with E-state index in [-0.39, 0.29) is 18.2 Å². The second-order valence-corrected chi connectivity index (χ2v) is 6.82. The van der Waals surface area contributed by atoms with Crippen LogP contribution in [0.2, 0.25) is 0 Å². The van der Waals surface area contributed by atoms with Crippen molar-refractivity contribution in [3.8, 4) is 11.5 Å². The second kappa shape index (κ2) is 7.61. The standard InChI is InChI=1S/C21H24N2O5/c1-21(16-11-10-15(27-3)12-18(16)28-4)19(25)23(20(26)22(21)2)13-17(24)14-8-6-5-7-9-14/h5-12,20,26H,13H2,1-4H3. The van der Waals surface area contributed by atoms with E-state index in [9.17, 15) is 14.7 Å². The second-order valence-electron chi connectivity index (χ2n) is 6.82. The van der Waals surface area contributed by atoms with Gasteiger partial charge in [0.05, 0.1) is 20.8 Å². The van der Waals surface area contributed by atoms with Gasteiger partial charge in [-0.15, -0.1) is 0 Å². The lowest BCUT2D eigenvalue weighted by Crippen LogP contribution is -2.43. The fourth-order valence-corrected chi connectivity index (χ4v) is 3.50. The average Bonchev–Trinajstić information content (AvgIpc) is 2.89. The van der Waals surface area contributed by atoms with Gasteiger partial charge < -0.3 is 14.6 Å². The number of rotatable bonds is 6. The number of hydrogen-bond acceptors (Lipinski definition) is 6. The first-order valence-corrected chi connectivity index (χ1v) is 8.87. The Balaban J connectivity index is 1.95. The highest BCUT2D eigenvalue weighted by molar-refractivity contribution is 6.01. The largest absolute Gasteiger partial charge is 0.497 e. The highest BCUT2D eigenvalue weighted by atomic mass is 16.5. The summed E-state index contributed by atoms with van der Waals surface area (Å²) >= 11 is 0. The first-order valence-electron chi connectivity index (χ1n) is 8.87. The van der Waals surface area contributed by atoms with Gasteiger partial charge in [-0.2, -0.15) is 0 Å².